The van der Waals surface area contributed by atoms with Crippen LogP contribution >= 0.6 is 12.4 Å². The number of aliphatic hydroxyl groups excluding tert-OH is 1. The predicted octanol–water partition coefficient (Wildman–Crippen LogP) is 2.40. The molecule has 0 aliphatic heterocycles. The quantitative estimate of drug-likeness (QED) is 0.867. The topological polar surface area (TPSA) is 46.2 Å². The lowest BCUT2D eigenvalue weighted by Gasteiger charge is -2.29. The molecule has 0 radical (unpaired) electrons. The van der Waals surface area contributed by atoms with Gasteiger partial charge in [-0.25, -0.2) is 8.78 Å². The van der Waals surface area contributed by atoms with Crippen LogP contribution in [-0.4, -0.2) is 11.7 Å². The summed E-state index contributed by atoms with van der Waals surface area (Å²) < 4.78 is 26.0. The average Bonchev–Trinajstić information content (AvgIpc) is 2.17. The van der Waals surface area contributed by atoms with Crippen molar-refractivity contribution >= 4 is 12.4 Å². The molecule has 92 valence electrons. The SMILES string of the molecule is CC(C)(CO)[C@@H](N)c1ccc(F)cc1F.Cl. The van der Waals surface area contributed by atoms with Gasteiger partial charge in [0.05, 0.1) is 0 Å². The summed E-state index contributed by atoms with van der Waals surface area (Å²) in [7, 11) is 0. The van der Waals surface area contributed by atoms with Crippen molar-refractivity contribution < 1.29 is 13.9 Å². The van der Waals surface area contributed by atoms with Crippen LogP contribution < -0.4 is 5.73 Å². The maximum absolute atomic E-state index is 13.4. The minimum Gasteiger partial charge on any atom is -0.396 e. The molecule has 3 N–H and O–H groups in total. The van der Waals surface area contributed by atoms with Crippen molar-refractivity contribution in [3.05, 3.63) is 35.4 Å². The molecular weight excluding hydrogens is 236 g/mol. The van der Waals surface area contributed by atoms with Crippen LogP contribution in [0.3, 0.4) is 0 Å². The van der Waals surface area contributed by atoms with Gasteiger partial charge in [-0.2, -0.15) is 0 Å². The first kappa shape index (κ1) is 15.3. The van der Waals surface area contributed by atoms with Gasteiger partial charge >= 0.3 is 0 Å². The Morgan fingerprint density at radius 2 is 1.94 bits per heavy atom. The zero-order chi connectivity index (χ0) is 11.6. The van der Waals surface area contributed by atoms with Crippen molar-refractivity contribution in [3.8, 4) is 0 Å². The third kappa shape index (κ3) is 3.14. The summed E-state index contributed by atoms with van der Waals surface area (Å²) in [5.74, 6) is -1.31. The fourth-order valence-corrected chi connectivity index (χ4v) is 1.27. The number of rotatable bonds is 3. The molecule has 0 unspecified atom stereocenters. The van der Waals surface area contributed by atoms with Gasteiger partial charge in [0.2, 0.25) is 0 Å². The lowest BCUT2D eigenvalue weighted by Crippen LogP contribution is -2.33. The first-order valence-corrected chi connectivity index (χ1v) is 4.70. The maximum Gasteiger partial charge on any atom is 0.130 e. The van der Waals surface area contributed by atoms with Gasteiger partial charge in [0.25, 0.3) is 0 Å². The third-order valence-corrected chi connectivity index (χ3v) is 2.55. The zero-order valence-corrected chi connectivity index (χ0v) is 10.0. The van der Waals surface area contributed by atoms with Crippen molar-refractivity contribution in [2.75, 3.05) is 6.61 Å². The van der Waals surface area contributed by atoms with Crippen LogP contribution in [-0.2, 0) is 0 Å². The Bertz CT molecular complexity index is 358. The van der Waals surface area contributed by atoms with Crippen LogP contribution in [0.1, 0.15) is 25.5 Å². The van der Waals surface area contributed by atoms with Gasteiger partial charge in [-0.15, -0.1) is 12.4 Å². The Balaban J connectivity index is 0.00000225. The Labute approximate surface area is 99.9 Å². The Hall–Kier alpha value is -0.710. The average molecular weight is 252 g/mol. The second-order valence-electron chi connectivity index (χ2n) is 4.29. The second kappa shape index (κ2) is 5.57. The van der Waals surface area contributed by atoms with Gasteiger partial charge in [0.1, 0.15) is 11.6 Å². The molecule has 0 aromatic heterocycles. The predicted molar refractivity (Wildman–Crippen MR) is 61.4 cm³/mol. The molecule has 0 spiro atoms. The minimum atomic E-state index is -0.677. The van der Waals surface area contributed by atoms with E-state index < -0.39 is 23.1 Å². The highest BCUT2D eigenvalue weighted by atomic mass is 35.5. The Morgan fingerprint density at radius 3 is 2.38 bits per heavy atom. The molecule has 5 heteroatoms. The molecule has 0 saturated heterocycles. The van der Waals surface area contributed by atoms with E-state index in [-0.39, 0.29) is 24.6 Å². The molecule has 0 aliphatic rings. The van der Waals surface area contributed by atoms with Crippen LogP contribution in [0.4, 0.5) is 8.78 Å². The third-order valence-electron chi connectivity index (χ3n) is 2.55. The molecule has 0 fully saturated rings. The Morgan fingerprint density at radius 1 is 1.38 bits per heavy atom. The van der Waals surface area contributed by atoms with E-state index in [9.17, 15) is 8.78 Å². The number of benzene rings is 1. The van der Waals surface area contributed by atoms with Gasteiger partial charge in [0, 0.05) is 29.7 Å². The van der Waals surface area contributed by atoms with Crippen LogP contribution in [0.5, 0.6) is 0 Å². The van der Waals surface area contributed by atoms with Crippen LogP contribution in [0.15, 0.2) is 18.2 Å². The highest BCUT2D eigenvalue weighted by Gasteiger charge is 2.28. The van der Waals surface area contributed by atoms with E-state index in [4.69, 9.17) is 10.8 Å². The zero-order valence-electron chi connectivity index (χ0n) is 9.21. The summed E-state index contributed by atoms with van der Waals surface area (Å²) in [6.07, 6.45) is 0. The summed E-state index contributed by atoms with van der Waals surface area (Å²) in [6.45, 7) is 3.28. The summed E-state index contributed by atoms with van der Waals surface area (Å²) in [5, 5.41) is 9.09. The first-order valence-electron chi connectivity index (χ1n) is 4.70. The molecule has 1 aromatic carbocycles. The largest absolute Gasteiger partial charge is 0.396 e. The second-order valence-corrected chi connectivity index (χ2v) is 4.29. The fraction of sp³-hybridized carbons (Fsp3) is 0.455. The monoisotopic (exact) mass is 251 g/mol. The first-order chi connectivity index (χ1) is 6.88. The normalized spacial score (nSPS) is 13.1. The maximum atomic E-state index is 13.4. The minimum absolute atomic E-state index is 0. The van der Waals surface area contributed by atoms with E-state index in [0.717, 1.165) is 12.1 Å². The summed E-state index contributed by atoms with van der Waals surface area (Å²) in [4.78, 5) is 0. The summed E-state index contributed by atoms with van der Waals surface area (Å²) >= 11 is 0. The van der Waals surface area contributed by atoms with Crippen LogP contribution in [0, 0.1) is 17.0 Å². The van der Waals surface area contributed by atoms with E-state index in [1.165, 1.54) is 6.07 Å². The molecule has 1 aromatic rings. The van der Waals surface area contributed by atoms with Crippen molar-refractivity contribution in [3.63, 3.8) is 0 Å². The molecular formula is C11H16ClF2NO. The number of nitrogens with two attached hydrogens (primary N) is 1. The Kier molecular flexibility index (Phi) is 5.32. The van der Waals surface area contributed by atoms with Crippen LogP contribution in [0.2, 0.25) is 0 Å². The van der Waals surface area contributed by atoms with Crippen LogP contribution in [0.25, 0.3) is 0 Å². The van der Waals surface area contributed by atoms with E-state index >= 15 is 0 Å². The molecule has 2 nitrogen and oxygen atoms in total. The molecule has 0 amide bonds. The van der Waals surface area contributed by atoms with Gasteiger partial charge in [0.15, 0.2) is 0 Å². The fourth-order valence-electron chi connectivity index (χ4n) is 1.27. The number of hydrogen-bond donors (Lipinski definition) is 2. The van der Waals surface area contributed by atoms with Gasteiger partial charge in [-0.05, 0) is 6.07 Å². The molecule has 0 aliphatic carbocycles. The standard InChI is InChI=1S/C11H15F2NO.ClH/c1-11(2,6-15)10(14)8-4-3-7(12)5-9(8)13;/h3-5,10,15H,6,14H2,1-2H3;1H/t10-;/m0./s1. The highest BCUT2D eigenvalue weighted by molar-refractivity contribution is 5.85. The van der Waals surface area contributed by atoms with Gasteiger partial charge in [-0.3, -0.25) is 0 Å². The lowest BCUT2D eigenvalue weighted by atomic mass is 9.81. The number of halogens is 3. The lowest BCUT2D eigenvalue weighted by molar-refractivity contribution is 0.130. The molecule has 1 atom stereocenters. The van der Waals surface area contributed by atoms with Gasteiger partial charge < -0.3 is 10.8 Å². The van der Waals surface area contributed by atoms with E-state index in [1.54, 1.807) is 13.8 Å². The van der Waals surface area contributed by atoms with Crippen molar-refractivity contribution in [2.24, 2.45) is 11.1 Å². The number of aliphatic hydroxyl groups is 1. The van der Waals surface area contributed by atoms with E-state index in [1.807, 2.05) is 0 Å². The molecule has 16 heavy (non-hydrogen) atoms. The summed E-state index contributed by atoms with van der Waals surface area (Å²) in [6, 6.07) is 2.60. The smallest absolute Gasteiger partial charge is 0.130 e. The van der Waals surface area contributed by atoms with Crippen molar-refractivity contribution in [1.82, 2.24) is 0 Å². The van der Waals surface area contributed by atoms with Crippen molar-refractivity contribution in [2.45, 2.75) is 19.9 Å². The highest BCUT2D eigenvalue weighted by Crippen LogP contribution is 2.32. The number of hydrogen-bond acceptors (Lipinski definition) is 2. The van der Waals surface area contributed by atoms with E-state index in [0.29, 0.717) is 0 Å². The molecule has 0 heterocycles. The van der Waals surface area contributed by atoms with Crippen molar-refractivity contribution in [1.29, 1.82) is 0 Å². The molecule has 1 rings (SSSR count). The van der Waals surface area contributed by atoms with Gasteiger partial charge in [-0.1, -0.05) is 19.9 Å². The van der Waals surface area contributed by atoms with E-state index in [2.05, 4.69) is 0 Å². The summed E-state index contributed by atoms with van der Waals surface area (Å²) in [5.41, 5.74) is 5.39. The molecule has 0 bridgehead atoms. The molecule has 0 saturated carbocycles.